The maximum atomic E-state index is 12.5. The van der Waals surface area contributed by atoms with Crippen molar-refractivity contribution in [3.05, 3.63) is 84.5 Å². The first-order chi connectivity index (χ1) is 15.8. The van der Waals surface area contributed by atoms with Crippen LogP contribution in [-0.2, 0) is 0 Å². The van der Waals surface area contributed by atoms with E-state index in [2.05, 4.69) is 10.2 Å². The summed E-state index contributed by atoms with van der Waals surface area (Å²) in [6, 6.07) is 12.7. The second kappa shape index (κ2) is 9.78. The number of nitrogens with zero attached hydrogens (tertiary/aromatic N) is 3. The molecule has 0 atom stereocenters. The summed E-state index contributed by atoms with van der Waals surface area (Å²) in [5.74, 6) is -0.476. The molecule has 0 aliphatic carbocycles. The first kappa shape index (κ1) is 23.0. The Labute approximate surface area is 203 Å². The normalized spacial score (nSPS) is 13.6. The van der Waals surface area contributed by atoms with Crippen molar-refractivity contribution < 1.29 is 14.5 Å². The second-order valence-corrected chi connectivity index (χ2v) is 9.06. The zero-order chi connectivity index (χ0) is 23.5. The van der Waals surface area contributed by atoms with Crippen LogP contribution in [-0.4, -0.2) is 47.8 Å². The molecule has 0 spiro atoms. The van der Waals surface area contributed by atoms with Crippen LogP contribution in [0.25, 0.3) is 0 Å². The van der Waals surface area contributed by atoms with Gasteiger partial charge in [0.15, 0.2) is 0 Å². The van der Waals surface area contributed by atoms with Crippen LogP contribution in [0.4, 0.5) is 17.1 Å². The minimum atomic E-state index is -0.640. The summed E-state index contributed by atoms with van der Waals surface area (Å²) in [6.45, 7) is 2.44. The third-order valence-electron chi connectivity index (χ3n) is 5.25. The van der Waals surface area contributed by atoms with Crippen molar-refractivity contribution in [2.24, 2.45) is 0 Å². The summed E-state index contributed by atoms with van der Waals surface area (Å²) >= 11 is 13.7. The average molecular weight is 505 g/mol. The van der Waals surface area contributed by atoms with Crippen molar-refractivity contribution in [3.63, 3.8) is 0 Å². The molecule has 0 saturated carbocycles. The number of carbonyl (C=O) groups excluding carboxylic acids is 2. The van der Waals surface area contributed by atoms with E-state index in [4.69, 9.17) is 23.2 Å². The highest BCUT2D eigenvalue weighted by molar-refractivity contribution is 7.12. The SMILES string of the molecule is O=C(Nc1ccc(N2CCN(C(=O)c3cccs3)CC2)c(Cl)c1)c1ccc(Cl)c([N+](=O)[O-])c1. The zero-order valence-corrected chi connectivity index (χ0v) is 19.5. The number of carbonyl (C=O) groups is 2. The third-order valence-corrected chi connectivity index (χ3v) is 6.73. The molecule has 0 bridgehead atoms. The van der Waals surface area contributed by atoms with Crippen molar-refractivity contribution in [1.82, 2.24) is 4.90 Å². The summed E-state index contributed by atoms with van der Waals surface area (Å²) in [5.41, 5.74) is 1.03. The van der Waals surface area contributed by atoms with E-state index in [0.717, 1.165) is 16.6 Å². The fraction of sp³-hybridized carbons (Fsp3) is 0.182. The van der Waals surface area contributed by atoms with E-state index in [0.29, 0.717) is 36.9 Å². The monoisotopic (exact) mass is 504 g/mol. The van der Waals surface area contributed by atoms with Crippen LogP contribution in [0.2, 0.25) is 10.0 Å². The molecule has 0 unspecified atom stereocenters. The Hall–Kier alpha value is -3.14. The fourth-order valence-corrected chi connectivity index (χ4v) is 4.72. The lowest BCUT2D eigenvalue weighted by atomic mass is 10.1. The fourth-order valence-electron chi connectivity index (χ4n) is 3.54. The number of thiophene rings is 1. The maximum Gasteiger partial charge on any atom is 0.288 e. The van der Waals surface area contributed by atoms with Crippen molar-refractivity contribution in [3.8, 4) is 0 Å². The Morgan fingerprint density at radius 1 is 1.00 bits per heavy atom. The van der Waals surface area contributed by atoms with Crippen LogP contribution in [0.15, 0.2) is 53.9 Å². The number of hydrogen-bond donors (Lipinski definition) is 1. The molecule has 2 heterocycles. The van der Waals surface area contributed by atoms with Gasteiger partial charge in [0.05, 0.1) is 20.5 Å². The molecule has 2 amide bonds. The summed E-state index contributed by atoms with van der Waals surface area (Å²) in [7, 11) is 0. The third kappa shape index (κ3) is 5.11. The molecular formula is C22H18Cl2N4O4S. The van der Waals surface area contributed by atoms with Crippen LogP contribution in [0.5, 0.6) is 0 Å². The van der Waals surface area contributed by atoms with Crippen molar-refractivity contribution in [1.29, 1.82) is 0 Å². The molecule has 1 aromatic heterocycles. The molecule has 1 fully saturated rings. The predicted octanol–water partition coefficient (Wildman–Crippen LogP) is 5.18. The van der Waals surface area contributed by atoms with Gasteiger partial charge in [0.1, 0.15) is 5.02 Å². The van der Waals surface area contributed by atoms with Gasteiger partial charge in [-0.15, -0.1) is 11.3 Å². The maximum absolute atomic E-state index is 12.5. The molecule has 3 aromatic rings. The van der Waals surface area contributed by atoms with E-state index in [1.165, 1.54) is 23.5 Å². The van der Waals surface area contributed by atoms with Gasteiger partial charge in [-0.3, -0.25) is 19.7 Å². The number of benzene rings is 2. The lowest BCUT2D eigenvalue weighted by molar-refractivity contribution is -0.384. The smallest absolute Gasteiger partial charge is 0.288 e. The van der Waals surface area contributed by atoms with Crippen LogP contribution < -0.4 is 10.2 Å². The highest BCUT2D eigenvalue weighted by Crippen LogP contribution is 2.31. The Balaban J connectivity index is 1.40. The molecule has 170 valence electrons. The van der Waals surface area contributed by atoms with Crippen LogP contribution in [0.3, 0.4) is 0 Å². The Morgan fingerprint density at radius 3 is 2.39 bits per heavy atom. The Bertz CT molecular complexity index is 1210. The summed E-state index contributed by atoms with van der Waals surface area (Å²) < 4.78 is 0. The molecule has 11 heteroatoms. The molecular weight excluding hydrogens is 487 g/mol. The molecule has 33 heavy (non-hydrogen) atoms. The number of amides is 2. The van der Waals surface area contributed by atoms with Gasteiger partial charge in [-0.2, -0.15) is 0 Å². The van der Waals surface area contributed by atoms with Gasteiger partial charge in [-0.1, -0.05) is 29.3 Å². The number of anilines is 2. The average Bonchev–Trinajstić information content (AvgIpc) is 3.34. The topological polar surface area (TPSA) is 95.8 Å². The predicted molar refractivity (Wildman–Crippen MR) is 130 cm³/mol. The van der Waals surface area contributed by atoms with Gasteiger partial charge in [-0.25, -0.2) is 0 Å². The van der Waals surface area contributed by atoms with Crippen molar-refractivity contribution in [2.45, 2.75) is 0 Å². The molecule has 0 radical (unpaired) electrons. The first-order valence-electron chi connectivity index (χ1n) is 9.96. The Kier molecular flexibility index (Phi) is 6.83. The molecule has 1 saturated heterocycles. The van der Waals surface area contributed by atoms with E-state index in [-0.39, 0.29) is 22.2 Å². The number of piperazine rings is 1. The van der Waals surface area contributed by atoms with Crippen LogP contribution in [0, 0.1) is 10.1 Å². The van der Waals surface area contributed by atoms with Gasteiger partial charge < -0.3 is 15.1 Å². The molecule has 1 N–H and O–H groups in total. The molecule has 2 aromatic carbocycles. The number of nitro benzene ring substituents is 1. The minimum Gasteiger partial charge on any atom is -0.367 e. The van der Waals surface area contributed by atoms with Gasteiger partial charge in [0.2, 0.25) is 0 Å². The number of halogens is 2. The molecule has 4 rings (SSSR count). The first-order valence-corrected chi connectivity index (χ1v) is 11.6. The number of nitrogens with one attached hydrogen (secondary N) is 1. The molecule has 1 aliphatic rings. The van der Waals surface area contributed by atoms with Gasteiger partial charge in [-0.05, 0) is 41.8 Å². The second-order valence-electron chi connectivity index (χ2n) is 7.30. The lowest BCUT2D eigenvalue weighted by Gasteiger charge is -2.36. The van der Waals surface area contributed by atoms with Gasteiger partial charge in [0.25, 0.3) is 17.5 Å². The summed E-state index contributed by atoms with van der Waals surface area (Å²) in [6.07, 6.45) is 0. The van der Waals surface area contributed by atoms with Gasteiger partial charge >= 0.3 is 0 Å². The molecule has 1 aliphatic heterocycles. The highest BCUT2D eigenvalue weighted by Gasteiger charge is 2.24. The summed E-state index contributed by atoms with van der Waals surface area (Å²) in [5, 5.41) is 16.0. The van der Waals surface area contributed by atoms with E-state index < -0.39 is 10.8 Å². The van der Waals surface area contributed by atoms with Crippen LogP contribution >= 0.6 is 34.5 Å². The van der Waals surface area contributed by atoms with Gasteiger partial charge in [0, 0.05) is 43.5 Å². The zero-order valence-electron chi connectivity index (χ0n) is 17.2. The van der Waals surface area contributed by atoms with E-state index in [9.17, 15) is 19.7 Å². The quantitative estimate of drug-likeness (QED) is 0.381. The Morgan fingerprint density at radius 2 is 1.76 bits per heavy atom. The summed E-state index contributed by atoms with van der Waals surface area (Å²) in [4.78, 5) is 40.1. The van der Waals surface area contributed by atoms with Crippen molar-refractivity contribution >= 4 is 63.4 Å². The van der Waals surface area contributed by atoms with E-state index in [1.54, 1.807) is 18.2 Å². The largest absolute Gasteiger partial charge is 0.367 e. The highest BCUT2D eigenvalue weighted by atomic mass is 35.5. The van der Waals surface area contributed by atoms with E-state index in [1.807, 2.05) is 22.4 Å². The molecule has 8 nitrogen and oxygen atoms in total. The number of hydrogen-bond acceptors (Lipinski definition) is 6. The minimum absolute atomic E-state index is 0.0382. The standard InChI is InChI=1S/C22H18Cl2N4O4S/c23-16-5-3-14(12-19(16)28(31)32)21(29)25-15-4-6-18(17(24)13-15)26-7-9-27(10-8-26)22(30)20-2-1-11-33-20/h1-6,11-13H,7-10H2,(H,25,29). The lowest BCUT2D eigenvalue weighted by Crippen LogP contribution is -2.48. The van der Waals surface area contributed by atoms with Crippen molar-refractivity contribution in [2.75, 3.05) is 36.4 Å². The number of nitro groups is 1. The van der Waals surface area contributed by atoms with E-state index >= 15 is 0 Å². The number of rotatable bonds is 5. The van der Waals surface area contributed by atoms with Crippen LogP contribution in [0.1, 0.15) is 20.0 Å².